The molecule has 23 heavy (non-hydrogen) atoms. The number of amides is 1. The maximum absolute atomic E-state index is 12.4. The third-order valence-electron chi connectivity index (χ3n) is 4.19. The Kier molecular flexibility index (Phi) is 5.19. The van der Waals surface area contributed by atoms with Gasteiger partial charge in [-0.15, -0.1) is 0 Å². The van der Waals surface area contributed by atoms with Gasteiger partial charge in [-0.25, -0.2) is 4.98 Å². The average molecular weight is 310 g/mol. The fourth-order valence-electron chi connectivity index (χ4n) is 2.98. The van der Waals surface area contributed by atoms with Gasteiger partial charge in [0.25, 0.3) is 0 Å². The third-order valence-corrected chi connectivity index (χ3v) is 4.19. The molecule has 0 saturated heterocycles. The van der Waals surface area contributed by atoms with Gasteiger partial charge in [0.1, 0.15) is 12.7 Å². The molecule has 1 aliphatic carbocycles. The normalized spacial score (nSPS) is 15.9. The van der Waals surface area contributed by atoms with E-state index in [2.05, 4.69) is 15.4 Å². The highest BCUT2D eigenvalue weighted by atomic mass is 16.1. The predicted octanol–water partition coefficient (Wildman–Crippen LogP) is 3.03. The fourth-order valence-corrected chi connectivity index (χ4v) is 2.98. The van der Waals surface area contributed by atoms with Crippen molar-refractivity contribution in [3.05, 3.63) is 60.2 Å². The van der Waals surface area contributed by atoms with Crippen LogP contribution in [0.4, 0.5) is 0 Å². The highest BCUT2D eigenvalue weighted by Crippen LogP contribution is 2.22. The van der Waals surface area contributed by atoms with Crippen LogP contribution in [0.3, 0.4) is 0 Å². The molecule has 1 amide bonds. The second kappa shape index (κ2) is 7.72. The van der Waals surface area contributed by atoms with Crippen molar-refractivity contribution in [2.75, 3.05) is 0 Å². The zero-order chi connectivity index (χ0) is 15.9. The van der Waals surface area contributed by atoms with Crippen molar-refractivity contribution in [2.24, 2.45) is 0 Å². The number of allylic oxidation sites excluding steroid dienone is 1. The molecule has 1 aromatic heterocycles. The summed E-state index contributed by atoms with van der Waals surface area (Å²) in [6, 6.07) is 9.86. The summed E-state index contributed by atoms with van der Waals surface area (Å²) in [5, 5.41) is 7.26. The zero-order valence-corrected chi connectivity index (χ0v) is 13.2. The molecule has 1 atom stereocenters. The van der Waals surface area contributed by atoms with Crippen molar-refractivity contribution in [2.45, 2.75) is 44.7 Å². The van der Waals surface area contributed by atoms with E-state index in [1.807, 2.05) is 30.3 Å². The Morgan fingerprint density at radius 1 is 1.22 bits per heavy atom. The monoisotopic (exact) mass is 310 g/mol. The summed E-state index contributed by atoms with van der Waals surface area (Å²) in [7, 11) is 0. The van der Waals surface area contributed by atoms with Crippen molar-refractivity contribution in [3.63, 3.8) is 0 Å². The summed E-state index contributed by atoms with van der Waals surface area (Å²) in [5.41, 5.74) is 2.33. The smallest absolute Gasteiger partial charge is 0.244 e. The first-order valence-corrected chi connectivity index (χ1v) is 8.18. The maximum atomic E-state index is 12.4. The van der Waals surface area contributed by atoms with Crippen LogP contribution in [0.25, 0.3) is 0 Å². The van der Waals surface area contributed by atoms with E-state index in [0.717, 1.165) is 18.4 Å². The van der Waals surface area contributed by atoms with Crippen LogP contribution >= 0.6 is 0 Å². The first-order chi connectivity index (χ1) is 11.3. The Bertz CT molecular complexity index is 641. The Balaban J connectivity index is 1.71. The van der Waals surface area contributed by atoms with Crippen LogP contribution in [0, 0.1) is 0 Å². The molecule has 0 aliphatic heterocycles. The minimum Gasteiger partial charge on any atom is -0.344 e. The second-order valence-corrected chi connectivity index (χ2v) is 5.95. The second-order valence-electron chi connectivity index (χ2n) is 5.95. The maximum Gasteiger partial charge on any atom is 0.244 e. The van der Waals surface area contributed by atoms with Gasteiger partial charge in [0.2, 0.25) is 5.91 Å². The molecule has 0 spiro atoms. The SMILES string of the molecule is O=C(C=C1CCCCC1)N[C@@H](Cn1cncn1)c1ccccc1. The van der Waals surface area contributed by atoms with E-state index in [1.165, 1.54) is 31.2 Å². The average Bonchev–Trinajstić information content (AvgIpc) is 3.09. The summed E-state index contributed by atoms with van der Waals surface area (Å²) < 4.78 is 1.74. The van der Waals surface area contributed by atoms with Gasteiger partial charge in [0.05, 0.1) is 12.6 Å². The number of hydrogen-bond donors (Lipinski definition) is 1. The Hall–Kier alpha value is -2.43. The summed E-state index contributed by atoms with van der Waals surface area (Å²) in [4.78, 5) is 16.4. The Labute approximate surface area is 136 Å². The van der Waals surface area contributed by atoms with E-state index in [1.54, 1.807) is 17.1 Å². The number of hydrogen-bond acceptors (Lipinski definition) is 3. The molecular weight excluding hydrogens is 288 g/mol. The molecule has 1 aromatic carbocycles. The zero-order valence-electron chi connectivity index (χ0n) is 13.2. The molecule has 5 heteroatoms. The lowest BCUT2D eigenvalue weighted by molar-refractivity contribution is -0.117. The molecular formula is C18H22N4O. The van der Waals surface area contributed by atoms with Crippen molar-refractivity contribution < 1.29 is 4.79 Å². The highest BCUT2D eigenvalue weighted by Gasteiger charge is 2.15. The van der Waals surface area contributed by atoms with Crippen LogP contribution in [-0.4, -0.2) is 20.7 Å². The number of carbonyl (C=O) groups is 1. The molecule has 120 valence electrons. The van der Waals surface area contributed by atoms with E-state index < -0.39 is 0 Å². The summed E-state index contributed by atoms with van der Waals surface area (Å²) in [5.74, 6) is -0.0177. The lowest BCUT2D eigenvalue weighted by Gasteiger charge is -2.19. The fraction of sp³-hybridized carbons (Fsp3) is 0.389. The number of benzene rings is 1. The van der Waals surface area contributed by atoms with E-state index in [-0.39, 0.29) is 11.9 Å². The minimum atomic E-state index is -0.120. The van der Waals surface area contributed by atoms with Gasteiger partial charge in [0.15, 0.2) is 0 Å². The van der Waals surface area contributed by atoms with Gasteiger partial charge >= 0.3 is 0 Å². The summed E-state index contributed by atoms with van der Waals surface area (Å²) >= 11 is 0. The predicted molar refractivity (Wildman–Crippen MR) is 88.5 cm³/mol. The summed E-state index contributed by atoms with van der Waals surface area (Å²) in [6.07, 6.45) is 10.7. The molecule has 1 aliphatic rings. The summed E-state index contributed by atoms with van der Waals surface area (Å²) in [6.45, 7) is 0.568. The number of carbonyl (C=O) groups excluding carboxylic acids is 1. The van der Waals surface area contributed by atoms with Crippen LogP contribution in [0.2, 0.25) is 0 Å². The highest BCUT2D eigenvalue weighted by molar-refractivity contribution is 5.88. The van der Waals surface area contributed by atoms with Gasteiger partial charge in [-0.3, -0.25) is 9.48 Å². The lowest BCUT2D eigenvalue weighted by Crippen LogP contribution is -2.30. The van der Waals surface area contributed by atoms with Gasteiger partial charge in [0, 0.05) is 6.08 Å². The van der Waals surface area contributed by atoms with E-state index in [0.29, 0.717) is 6.54 Å². The van der Waals surface area contributed by atoms with Crippen molar-refractivity contribution >= 4 is 5.91 Å². The molecule has 1 saturated carbocycles. The third kappa shape index (κ3) is 4.52. The number of nitrogens with zero attached hydrogens (tertiary/aromatic N) is 3. The van der Waals surface area contributed by atoms with E-state index in [9.17, 15) is 4.79 Å². The first kappa shape index (κ1) is 15.5. The first-order valence-electron chi connectivity index (χ1n) is 8.18. The molecule has 1 fully saturated rings. The standard InChI is InChI=1S/C18H22N4O/c23-18(11-15-7-3-1-4-8-15)21-17(12-22-14-19-13-20-22)16-9-5-2-6-10-16/h2,5-6,9-11,13-14,17H,1,3-4,7-8,12H2,(H,21,23)/t17-/m0/s1. The number of nitrogens with one attached hydrogen (secondary N) is 1. The quantitative estimate of drug-likeness (QED) is 0.864. The van der Waals surface area contributed by atoms with Gasteiger partial charge in [-0.1, -0.05) is 42.3 Å². The molecule has 0 radical (unpaired) electrons. The number of rotatable bonds is 5. The van der Waals surface area contributed by atoms with Crippen LogP contribution in [0.15, 0.2) is 54.6 Å². The molecule has 0 bridgehead atoms. The van der Waals surface area contributed by atoms with Crippen molar-refractivity contribution in [1.82, 2.24) is 20.1 Å². The number of aromatic nitrogens is 3. The van der Waals surface area contributed by atoms with Crippen molar-refractivity contribution in [3.8, 4) is 0 Å². The largest absolute Gasteiger partial charge is 0.344 e. The topological polar surface area (TPSA) is 59.8 Å². The minimum absolute atomic E-state index is 0.0177. The molecule has 5 nitrogen and oxygen atoms in total. The molecule has 1 N–H and O–H groups in total. The molecule has 0 unspecified atom stereocenters. The van der Waals surface area contributed by atoms with Gasteiger partial charge in [-0.05, 0) is 31.2 Å². The van der Waals surface area contributed by atoms with E-state index >= 15 is 0 Å². The molecule has 3 rings (SSSR count). The molecule has 2 aromatic rings. The van der Waals surface area contributed by atoms with Crippen LogP contribution in [0.1, 0.15) is 43.7 Å². The van der Waals surface area contributed by atoms with Gasteiger partial charge < -0.3 is 5.32 Å². The van der Waals surface area contributed by atoms with Gasteiger partial charge in [-0.2, -0.15) is 5.10 Å². The molecule has 1 heterocycles. The van der Waals surface area contributed by atoms with Crippen molar-refractivity contribution in [1.29, 1.82) is 0 Å². The van der Waals surface area contributed by atoms with Crippen LogP contribution in [0.5, 0.6) is 0 Å². The lowest BCUT2D eigenvalue weighted by atomic mass is 9.94. The van der Waals surface area contributed by atoms with Crippen LogP contribution in [-0.2, 0) is 11.3 Å². The van der Waals surface area contributed by atoms with Crippen LogP contribution < -0.4 is 5.32 Å². The Morgan fingerprint density at radius 2 is 2.00 bits per heavy atom. The Morgan fingerprint density at radius 3 is 2.70 bits per heavy atom. The van der Waals surface area contributed by atoms with E-state index in [4.69, 9.17) is 0 Å².